The Morgan fingerprint density at radius 1 is 1.12 bits per heavy atom. The molecule has 1 aliphatic rings. The fourth-order valence-electron chi connectivity index (χ4n) is 2.95. The van der Waals surface area contributed by atoms with E-state index in [9.17, 15) is 4.79 Å². The molecule has 1 aromatic heterocycles. The molecule has 0 fully saturated rings. The molecule has 0 aliphatic carbocycles. The van der Waals surface area contributed by atoms with Crippen LogP contribution in [0.2, 0.25) is 0 Å². The molecular weight excluding hydrogens is 394 g/mol. The van der Waals surface area contributed by atoms with Crippen molar-refractivity contribution in [1.82, 2.24) is 5.43 Å². The first kappa shape index (κ1) is 16.6. The predicted octanol–water partition coefficient (Wildman–Crippen LogP) is 4.33. The second kappa shape index (κ2) is 7.17. The summed E-state index contributed by atoms with van der Waals surface area (Å²) in [4.78, 5) is 14.6. The summed E-state index contributed by atoms with van der Waals surface area (Å²) in [6.07, 6.45) is 3.03. The second-order valence-electron chi connectivity index (χ2n) is 6.03. The van der Waals surface area contributed by atoms with E-state index in [-0.39, 0.29) is 5.91 Å². The van der Waals surface area contributed by atoms with E-state index in [2.05, 4.69) is 43.5 Å². The summed E-state index contributed by atoms with van der Waals surface area (Å²) >= 11 is 3.46. The van der Waals surface area contributed by atoms with Crippen LogP contribution in [-0.4, -0.2) is 12.1 Å². The van der Waals surface area contributed by atoms with Gasteiger partial charge in [-0.05, 0) is 59.7 Å². The zero-order chi connectivity index (χ0) is 17.9. The third-order valence-electron chi connectivity index (χ3n) is 4.28. The fourth-order valence-corrected chi connectivity index (χ4v) is 3.22. The number of hydrazone groups is 1. The van der Waals surface area contributed by atoms with Crippen LogP contribution in [-0.2, 0) is 13.1 Å². The van der Waals surface area contributed by atoms with E-state index >= 15 is 0 Å². The van der Waals surface area contributed by atoms with Gasteiger partial charge in [0.1, 0.15) is 5.76 Å². The van der Waals surface area contributed by atoms with Crippen molar-refractivity contribution in [2.75, 3.05) is 4.90 Å². The number of furan rings is 1. The minimum atomic E-state index is -0.238. The van der Waals surface area contributed by atoms with Gasteiger partial charge < -0.3 is 9.32 Å². The lowest BCUT2D eigenvalue weighted by Crippen LogP contribution is -2.17. The quantitative estimate of drug-likeness (QED) is 0.515. The number of anilines is 1. The largest absolute Gasteiger partial charge is 0.463 e. The Bertz CT molecular complexity index is 950. The molecule has 0 saturated carbocycles. The molecule has 3 aromatic rings. The SMILES string of the molecule is O=C(N/N=C\c1ccco1)c1ccc2c(c1)CN(c1ccc(Br)cc1)C2. The molecule has 5 nitrogen and oxygen atoms in total. The number of nitrogens with zero attached hydrogens (tertiary/aromatic N) is 2. The Morgan fingerprint density at radius 2 is 1.92 bits per heavy atom. The summed E-state index contributed by atoms with van der Waals surface area (Å²) in [6, 6.07) is 17.6. The van der Waals surface area contributed by atoms with Crippen LogP contribution in [0.15, 0.2) is 74.9 Å². The molecule has 0 radical (unpaired) electrons. The van der Waals surface area contributed by atoms with Gasteiger partial charge in [-0.3, -0.25) is 4.79 Å². The van der Waals surface area contributed by atoms with Crippen molar-refractivity contribution in [2.45, 2.75) is 13.1 Å². The van der Waals surface area contributed by atoms with Crippen molar-refractivity contribution in [2.24, 2.45) is 5.10 Å². The van der Waals surface area contributed by atoms with E-state index in [1.54, 1.807) is 18.4 Å². The lowest BCUT2D eigenvalue weighted by molar-refractivity contribution is 0.0955. The van der Waals surface area contributed by atoms with E-state index in [0.29, 0.717) is 11.3 Å². The van der Waals surface area contributed by atoms with Gasteiger partial charge in [0.2, 0.25) is 0 Å². The number of nitrogens with one attached hydrogen (secondary N) is 1. The summed E-state index contributed by atoms with van der Waals surface area (Å²) in [7, 11) is 0. The van der Waals surface area contributed by atoms with E-state index in [1.807, 2.05) is 30.3 Å². The highest BCUT2D eigenvalue weighted by Crippen LogP contribution is 2.29. The van der Waals surface area contributed by atoms with Gasteiger partial charge in [0.05, 0.1) is 12.5 Å². The van der Waals surface area contributed by atoms with Crippen molar-refractivity contribution in [1.29, 1.82) is 0 Å². The molecule has 6 heteroatoms. The summed E-state index contributed by atoms with van der Waals surface area (Å²) in [5, 5.41) is 3.92. The molecule has 0 bridgehead atoms. The van der Waals surface area contributed by atoms with Gasteiger partial charge in [0, 0.05) is 28.8 Å². The van der Waals surface area contributed by atoms with Crippen LogP contribution in [0.3, 0.4) is 0 Å². The van der Waals surface area contributed by atoms with Crippen LogP contribution >= 0.6 is 15.9 Å². The Kier molecular flexibility index (Phi) is 4.58. The first-order valence-electron chi connectivity index (χ1n) is 8.18. The van der Waals surface area contributed by atoms with Gasteiger partial charge in [-0.1, -0.05) is 22.0 Å². The van der Waals surface area contributed by atoms with Crippen LogP contribution < -0.4 is 10.3 Å². The fraction of sp³-hybridized carbons (Fsp3) is 0.100. The van der Waals surface area contributed by atoms with Gasteiger partial charge in [-0.2, -0.15) is 5.10 Å². The topological polar surface area (TPSA) is 57.8 Å². The predicted molar refractivity (Wildman–Crippen MR) is 104 cm³/mol. The van der Waals surface area contributed by atoms with Crippen molar-refractivity contribution in [3.05, 3.63) is 87.8 Å². The average Bonchev–Trinajstić information content (AvgIpc) is 3.31. The number of rotatable bonds is 4. The maximum absolute atomic E-state index is 12.3. The van der Waals surface area contributed by atoms with Crippen molar-refractivity contribution in [3.8, 4) is 0 Å². The maximum Gasteiger partial charge on any atom is 0.271 e. The Hall–Kier alpha value is -2.86. The number of carbonyl (C=O) groups is 1. The number of amides is 1. The van der Waals surface area contributed by atoms with E-state index in [4.69, 9.17) is 4.42 Å². The van der Waals surface area contributed by atoms with E-state index in [0.717, 1.165) is 23.1 Å². The molecule has 2 aromatic carbocycles. The molecular formula is C20H16BrN3O2. The lowest BCUT2D eigenvalue weighted by atomic mass is 10.1. The first-order chi connectivity index (χ1) is 12.7. The van der Waals surface area contributed by atoms with E-state index < -0.39 is 0 Å². The molecule has 130 valence electrons. The summed E-state index contributed by atoms with van der Waals surface area (Å²) < 4.78 is 6.20. The lowest BCUT2D eigenvalue weighted by Gasteiger charge is -2.17. The third kappa shape index (κ3) is 3.55. The smallest absolute Gasteiger partial charge is 0.271 e. The standard InChI is InChI=1S/C20H16BrN3O2/c21-17-5-7-18(8-6-17)24-12-15-4-3-14(10-16(15)13-24)20(25)23-22-11-19-2-1-9-26-19/h1-11H,12-13H2,(H,23,25)/b22-11-. The third-order valence-corrected chi connectivity index (χ3v) is 4.81. The maximum atomic E-state index is 12.3. The summed E-state index contributed by atoms with van der Waals surface area (Å²) in [6.45, 7) is 1.63. The number of halogens is 1. The Morgan fingerprint density at radius 3 is 2.69 bits per heavy atom. The Labute approximate surface area is 159 Å². The molecule has 0 atom stereocenters. The molecule has 0 unspecified atom stereocenters. The molecule has 1 aliphatic heterocycles. The average molecular weight is 410 g/mol. The minimum absolute atomic E-state index is 0.238. The van der Waals surface area contributed by atoms with Crippen LogP contribution in [0.4, 0.5) is 5.69 Å². The molecule has 26 heavy (non-hydrogen) atoms. The molecule has 1 amide bonds. The van der Waals surface area contributed by atoms with Crippen molar-refractivity contribution >= 4 is 33.7 Å². The highest BCUT2D eigenvalue weighted by molar-refractivity contribution is 9.10. The van der Waals surface area contributed by atoms with Gasteiger partial charge in [-0.15, -0.1) is 0 Å². The summed E-state index contributed by atoms with van der Waals surface area (Å²) in [5.41, 5.74) is 6.69. The van der Waals surface area contributed by atoms with Gasteiger partial charge in [0.25, 0.3) is 5.91 Å². The molecule has 1 N–H and O–H groups in total. The van der Waals surface area contributed by atoms with Crippen LogP contribution in [0.5, 0.6) is 0 Å². The van der Waals surface area contributed by atoms with Gasteiger partial charge in [-0.25, -0.2) is 5.43 Å². The van der Waals surface area contributed by atoms with Gasteiger partial charge in [0.15, 0.2) is 0 Å². The first-order valence-corrected chi connectivity index (χ1v) is 8.97. The van der Waals surface area contributed by atoms with Crippen molar-refractivity contribution < 1.29 is 9.21 Å². The normalized spacial score (nSPS) is 13.2. The number of hydrogen-bond donors (Lipinski definition) is 1. The minimum Gasteiger partial charge on any atom is -0.463 e. The van der Waals surface area contributed by atoms with E-state index in [1.165, 1.54) is 17.5 Å². The number of hydrogen-bond acceptors (Lipinski definition) is 4. The van der Waals surface area contributed by atoms with Crippen LogP contribution in [0.1, 0.15) is 27.2 Å². The van der Waals surface area contributed by atoms with Crippen LogP contribution in [0, 0.1) is 0 Å². The Balaban J connectivity index is 1.44. The molecule has 2 heterocycles. The second-order valence-corrected chi connectivity index (χ2v) is 6.95. The molecule has 0 spiro atoms. The highest BCUT2D eigenvalue weighted by atomic mass is 79.9. The van der Waals surface area contributed by atoms with Gasteiger partial charge >= 0.3 is 0 Å². The number of fused-ring (bicyclic) bond motifs is 1. The highest BCUT2D eigenvalue weighted by Gasteiger charge is 2.20. The van der Waals surface area contributed by atoms with Crippen molar-refractivity contribution in [3.63, 3.8) is 0 Å². The van der Waals surface area contributed by atoms with Crippen LogP contribution in [0.25, 0.3) is 0 Å². The zero-order valence-electron chi connectivity index (χ0n) is 13.9. The molecule has 0 saturated heterocycles. The summed E-state index contributed by atoms with van der Waals surface area (Å²) in [5.74, 6) is 0.349. The number of benzene rings is 2. The zero-order valence-corrected chi connectivity index (χ0v) is 15.4. The number of carbonyl (C=O) groups excluding carboxylic acids is 1. The monoisotopic (exact) mass is 409 g/mol. The molecule has 4 rings (SSSR count).